The number of likely N-dealkylation sites (tertiary alicyclic amines) is 1. The van der Waals surface area contributed by atoms with Crippen molar-refractivity contribution in [2.24, 2.45) is 5.92 Å². The Morgan fingerprint density at radius 3 is 2.83 bits per heavy atom. The lowest BCUT2D eigenvalue weighted by Gasteiger charge is -2.29. The van der Waals surface area contributed by atoms with Crippen LogP contribution in [0.15, 0.2) is 41.0 Å². The second kappa shape index (κ2) is 9.04. The number of hydrogen-bond acceptors (Lipinski definition) is 4. The lowest BCUT2D eigenvalue weighted by atomic mass is 10.1. The molecule has 29 heavy (non-hydrogen) atoms. The van der Waals surface area contributed by atoms with Crippen molar-refractivity contribution in [3.63, 3.8) is 0 Å². The number of nitrogens with zero attached hydrogens (tertiary/aromatic N) is 2. The van der Waals surface area contributed by atoms with Crippen molar-refractivity contribution in [2.45, 2.75) is 52.1 Å². The summed E-state index contributed by atoms with van der Waals surface area (Å²) in [5, 5.41) is 3.13. The van der Waals surface area contributed by atoms with Gasteiger partial charge in [0.05, 0.1) is 18.4 Å². The summed E-state index contributed by atoms with van der Waals surface area (Å²) in [5.74, 6) is 1.16. The Hall–Kier alpha value is -2.27. The lowest BCUT2D eigenvalue weighted by Crippen LogP contribution is -2.38. The smallest absolute Gasteiger partial charge is 0.254 e. The maximum Gasteiger partial charge on any atom is 0.254 e. The summed E-state index contributed by atoms with van der Waals surface area (Å²) >= 11 is 0. The van der Waals surface area contributed by atoms with Gasteiger partial charge in [-0.1, -0.05) is 31.5 Å². The van der Waals surface area contributed by atoms with E-state index in [4.69, 9.17) is 4.42 Å². The number of piperidine rings is 1. The van der Waals surface area contributed by atoms with Gasteiger partial charge in [0.25, 0.3) is 5.91 Å². The average molecular weight is 396 g/mol. The molecule has 2 aliphatic heterocycles. The molecule has 2 atom stereocenters. The molecular weight excluding hydrogens is 362 g/mol. The van der Waals surface area contributed by atoms with E-state index in [2.05, 4.69) is 53.2 Å². The van der Waals surface area contributed by atoms with Crippen LogP contribution in [0.2, 0.25) is 0 Å². The third-order valence-corrected chi connectivity index (χ3v) is 6.28. The van der Waals surface area contributed by atoms with E-state index in [1.807, 2.05) is 0 Å². The maximum absolute atomic E-state index is 12.8. The van der Waals surface area contributed by atoms with Gasteiger partial charge in [-0.3, -0.25) is 4.79 Å². The van der Waals surface area contributed by atoms with Gasteiger partial charge in [-0.05, 0) is 62.9 Å². The van der Waals surface area contributed by atoms with E-state index in [1.54, 1.807) is 12.3 Å². The Morgan fingerprint density at radius 2 is 2.00 bits per heavy atom. The molecule has 0 saturated carbocycles. The van der Waals surface area contributed by atoms with Crippen LogP contribution in [0.25, 0.3) is 0 Å². The van der Waals surface area contributed by atoms with Crippen LogP contribution >= 0.6 is 0 Å². The number of carbonyl (C=O) groups excluding carboxylic acids is 1. The summed E-state index contributed by atoms with van der Waals surface area (Å²) in [6.07, 6.45) is 6.62. The van der Waals surface area contributed by atoms with Crippen LogP contribution in [-0.2, 0) is 13.0 Å². The number of nitrogens with one attached hydrogen (secondary N) is 1. The van der Waals surface area contributed by atoms with Crippen LogP contribution in [0.4, 0.5) is 5.69 Å². The number of hydrogen-bond donors (Lipinski definition) is 1. The fourth-order valence-electron chi connectivity index (χ4n) is 4.70. The molecule has 1 N–H and O–H groups in total. The normalized spacial score (nSPS) is 20.5. The molecule has 0 spiro atoms. The molecule has 0 bridgehead atoms. The van der Waals surface area contributed by atoms with E-state index in [9.17, 15) is 4.79 Å². The Labute approximate surface area is 174 Å². The molecule has 4 rings (SSSR count). The predicted molar refractivity (Wildman–Crippen MR) is 116 cm³/mol. The van der Waals surface area contributed by atoms with Gasteiger partial charge in [0.15, 0.2) is 0 Å². The summed E-state index contributed by atoms with van der Waals surface area (Å²) in [7, 11) is 0. The number of rotatable bonds is 7. The first-order valence-corrected chi connectivity index (χ1v) is 11.0. The summed E-state index contributed by atoms with van der Waals surface area (Å²) in [6.45, 7) is 9.21. The molecule has 2 unspecified atom stereocenters. The van der Waals surface area contributed by atoms with E-state index in [0.29, 0.717) is 30.6 Å². The first-order chi connectivity index (χ1) is 14.1. The van der Waals surface area contributed by atoms with Crippen molar-refractivity contribution >= 4 is 11.6 Å². The van der Waals surface area contributed by atoms with Gasteiger partial charge in [0, 0.05) is 24.8 Å². The molecule has 2 aliphatic rings. The summed E-state index contributed by atoms with van der Waals surface area (Å²) in [5.41, 5.74) is 3.27. The van der Waals surface area contributed by atoms with E-state index in [0.717, 1.165) is 18.7 Å². The summed E-state index contributed by atoms with van der Waals surface area (Å²) in [4.78, 5) is 17.7. The standard InChI is InChI=1S/C24H33N3O2/c1-18(16-26-11-6-3-7-12-26)15-25-24(28)21-10-13-29-23(21)17-27-19(2)14-20-8-4-5-9-22(20)27/h4-5,8-10,13,18-19H,3,6-7,11-12,14-17H2,1-2H3,(H,25,28). The Bertz CT molecular complexity index is 825. The van der Waals surface area contributed by atoms with Crippen LogP contribution < -0.4 is 10.2 Å². The zero-order chi connectivity index (χ0) is 20.2. The minimum Gasteiger partial charge on any atom is -0.467 e. The molecule has 1 fully saturated rings. The molecule has 1 saturated heterocycles. The highest BCUT2D eigenvalue weighted by molar-refractivity contribution is 5.95. The van der Waals surface area contributed by atoms with E-state index in [1.165, 1.54) is 43.6 Å². The molecule has 1 aromatic heterocycles. The zero-order valence-corrected chi connectivity index (χ0v) is 17.7. The number of carbonyl (C=O) groups is 1. The molecular formula is C24H33N3O2. The third-order valence-electron chi connectivity index (χ3n) is 6.28. The fourth-order valence-corrected chi connectivity index (χ4v) is 4.70. The van der Waals surface area contributed by atoms with Crippen LogP contribution in [0, 0.1) is 5.92 Å². The molecule has 5 nitrogen and oxygen atoms in total. The van der Waals surface area contributed by atoms with Gasteiger partial charge in [-0.25, -0.2) is 0 Å². The molecule has 5 heteroatoms. The third kappa shape index (κ3) is 4.67. The van der Waals surface area contributed by atoms with Crippen LogP contribution in [0.5, 0.6) is 0 Å². The van der Waals surface area contributed by atoms with Crippen molar-refractivity contribution in [3.8, 4) is 0 Å². The molecule has 0 aliphatic carbocycles. The van der Waals surface area contributed by atoms with Crippen molar-refractivity contribution in [2.75, 3.05) is 31.1 Å². The number of para-hydroxylation sites is 1. The van der Waals surface area contributed by atoms with E-state index >= 15 is 0 Å². The van der Waals surface area contributed by atoms with E-state index < -0.39 is 0 Å². The van der Waals surface area contributed by atoms with E-state index in [-0.39, 0.29) is 5.91 Å². The molecule has 3 heterocycles. The number of fused-ring (bicyclic) bond motifs is 1. The highest BCUT2D eigenvalue weighted by Crippen LogP contribution is 2.33. The fraction of sp³-hybridized carbons (Fsp3) is 0.542. The molecule has 156 valence electrons. The minimum absolute atomic E-state index is 0.0284. The van der Waals surface area contributed by atoms with Gasteiger partial charge < -0.3 is 19.5 Å². The number of benzene rings is 1. The first-order valence-electron chi connectivity index (χ1n) is 11.0. The van der Waals surface area contributed by atoms with Crippen molar-refractivity contribution in [1.82, 2.24) is 10.2 Å². The summed E-state index contributed by atoms with van der Waals surface area (Å²) < 4.78 is 5.73. The van der Waals surface area contributed by atoms with Crippen molar-refractivity contribution in [1.29, 1.82) is 0 Å². The number of amides is 1. The van der Waals surface area contributed by atoms with Gasteiger partial charge >= 0.3 is 0 Å². The van der Waals surface area contributed by atoms with Gasteiger partial charge in [-0.2, -0.15) is 0 Å². The van der Waals surface area contributed by atoms with Crippen LogP contribution in [0.3, 0.4) is 0 Å². The predicted octanol–water partition coefficient (Wildman–Crippen LogP) is 4.08. The molecule has 1 amide bonds. The summed E-state index contributed by atoms with van der Waals surface area (Å²) in [6, 6.07) is 10.7. The average Bonchev–Trinajstić information content (AvgIpc) is 3.32. The first kappa shape index (κ1) is 20.0. The minimum atomic E-state index is -0.0284. The van der Waals surface area contributed by atoms with Crippen LogP contribution in [-0.4, -0.2) is 43.0 Å². The Balaban J connectivity index is 1.34. The van der Waals surface area contributed by atoms with Crippen LogP contribution in [0.1, 0.15) is 54.8 Å². The number of furan rings is 1. The second-order valence-corrected chi connectivity index (χ2v) is 8.74. The van der Waals surface area contributed by atoms with Gasteiger partial charge in [-0.15, -0.1) is 0 Å². The van der Waals surface area contributed by atoms with Gasteiger partial charge in [0.1, 0.15) is 5.76 Å². The zero-order valence-electron chi connectivity index (χ0n) is 17.7. The molecule has 1 aromatic carbocycles. The highest BCUT2D eigenvalue weighted by atomic mass is 16.3. The quantitative estimate of drug-likeness (QED) is 0.767. The highest BCUT2D eigenvalue weighted by Gasteiger charge is 2.28. The number of anilines is 1. The monoisotopic (exact) mass is 395 g/mol. The lowest BCUT2D eigenvalue weighted by molar-refractivity contribution is 0.0940. The van der Waals surface area contributed by atoms with Crippen molar-refractivity contribution in [3.05, 3.63) is 53.5 Å². The Kier molecular flexibility index (Phi) is 6.24. The van der Waals surface area contributed by atoms with Crippen molar-refractivity contribution < 1.29 is 9.21 Å². The van der Waals surface area contributed by atoms with Gasteiger partial charge in [0.2, 0.25) is 0 Å². The molecule has 2 aromatic rings. The maximum atomic E-state index is 12.8. The topological polar surface area (TPSA) is 48.7 Å². The Morgan fingerprint density at radius 1 is 1.21 bits per heavy atom. The largest absolute Gasteiger partial charge is 0.467 e. The SMILES string of the molecule is CC(CNC(=O)c1ccoc1CN1c2ccccc2CC1C)CN1CCCCC1. The molecule has 0 radical (unpaired) electrons. The second-order valence-electron chi connectivity index (χ2n) is 8.74.